The molecule has 0 fully saturated rings. The maximum atomic E-state index is 11.0. The Morgan fingerprint density at radius 3 is 2.57 bits per heavy atom. The van der Waals surface area contributed by atoms with Crippen LogP contribution in [0.25, 0.3) is 0 Å². The Morgan fingerprint density at radius 2 is 1.95 bits per heavy atom. The standard InChI is InChI=1S/C15H18N4O2/c1-18(2)14(12-7-4-3-5-8-12)11-17-15-13(19(20)21)9-6-10-16-15/h3-10,14H,11H2,1-2H3,(H,16,17). The largest absolute Gasteiger partial charge is 0.362 e. The molecule has 2 rings (SSSR count). The second-order valence-corrected chi connectivity index (χ2v) is 4.90. The van der Waals surface area contributed by atoms with Crippen LogP contribution in [0.5, 0.6) is 0 Å². The summed E-state index contributed by atoms with van der Waals surface area (Å²) in [7, 11) is 3.96. The molecule has 21 heavy (non-hydrogen) atoms. The molecule has 1 atom stereocenters. The third-order valence-corrected chi connectivity index (χ3v) is 3.25. The van der Waals surface area contributed by atoms with Crippen molar-refractivity contribution in [2.24, 2.45) is 0 Å². The predicted octanol–water partition coefficient (Wildman–Crippen LogP) is 2.70. The van der Waals surface area contributed by atoms with Gasteiger partial charge in [-0.05, 0) is 25.7 Å². The van der Waals surface area contributed by atoms with Gasteiger partial charge in [0.2, 0.25) is 5.82 Å². The lowest BCUT2D eigenvalue weighted by Crippen LogP contribution is -2.27. The number of nitrogens with zero attached hydrogens (tertiary/aromatic N) is 3. The van der Waals surface area contributed by atoms with Crippen LogP contribution in [0.1, 0.15) is 11.6 Å². The molecular weight excluding hydrogens is 268 g/mol. The van der Waals surface area contributed by atoms with E-state index in [1.165, 1.54) is 6.07 Å². The molecule has 0 spiro atoms. The van der Waals surface area contributed by atoms with Crippen LogP contribution in [0.15, 0.2) is 48.7 Å². The summed E-state index contributed by atoms with van der Waals surface area (Å²) in [6, 6.07) is 13.1. The number of aromatic nitrogens is 1. The minimum atomic E-state index is -0.428. The van der Waals surface area contributed by atoms with Crippen molar-refractivity contribution in [3.63, 3.8) is 0 Å². The van der Waals surface area contributed by atoms with Gasteiger partial charge in [-0.15, -0.1) is 0 Å². The van der Waals surface area contributed by atoms with E-state index in [-0.39, 0.29) is 11.7 Å². The molecule has 0 radical (unpaired) electrons. The van der Waals surface area contributed by atoms with E-state index in [1.54, 1.807) is 12.3 Å². The zero-order valence-electron chi connectivity index (χ0n) is 12.1. The van der Waals surface area contributed by atoms with Gasteiger partial charge in [-0.25, -0.2) is 4.98 Å². The fraction of sp³-hybridized carbons (Fsp3) is 0.267. The molecule has 0 saturated carbocycles. The lowest BCUT2D eigenvalue weighted by atomic mass is 10.1. The van der Waals surface area contributed by atoms with Crippen molar-refractivity contribution in [1.29, 1.82) is 0 Å². The number of anilines is 1. The van der Waals surface area contributed by atoms with Crippen molar-refractivity contribution < 1.29 is 4.92 Å². The molecule has 0 aliphatic rings. The van der Waals surface area contributed by atoms with Crippen molar-refractivity contribution in [2.45, 2.75) is 6.04 Å². The quantitative estimate of drug-likeness (QED) is 0.653. The number of likely N-dealkylation sites (N-methyl/N-ethyl adjacent to an activating group) is 1. The van der Waals surface area contributed by atoms with E-state index >= 15 is 0 Å². The molecule has 1 aromatic carbocycles. The smallest absolute Gasteiger partial charge is 0.311 e. The summed E-state index contributed by atoms with van der Waals surface area (Å²) in [6.07, 6.45) is 1.54. The molecule has 1 aromatic heterocycles. The van der Waals surface area contributed by atoms with Crippen molar-refractivity contribution in [1.82, 2.24) is 9.88 Å². The van der Waals surface area contributed by atoms with Gasteiger partial charge in [0, 0.05) is 18.8 Å². The Bertz CT molecular complexity index is 602. The van der Waals surface area contributed by atoms with Crippen molar-refractivity contribution in [3.05, 3.63) is 64.3 Å². The summed E-state index contributed by atoms with van der Waals surface area (Å²) in [5.74, 6) is 0.297. The summed E-state index contributed by atoms with van der Waals surface area (Å²) in [5, 5.41) is 14.1. The highest BCUT2D eigenvalue weighted by atomic mass is 16.6. The number of rotatable bonds is 6. The van der Waals surface area contributed by atoms with E-state index < -0.39 is 4.92 Å². The van der Waals surface area contributed by atoms with E-state index in [1.807, 2.05) is 44.4 Å². The normalized spacial score (nSPS) is 12.1. The molecule has 110 valence electrons. The van der Waals surface area contributed by atoms with Crippen LogP contribution >= 0.6 is 0 Å². The van der Waals surface area contributed by atoms with Crippen molar-refractivity contribution in [3.8, 4) is 0 Å². The summed E-state index contributed by atoms with van der Waals surface area (Å²) in [5.41, 5.74) is 1.14. The number of nitro groups is 1. The summed E-state index contributed by atoms with van der Waals surface area (Å²) >= 11 is 0. The van der Waals surface area contributed by atoms with Gasteiger partial charge in [0.05, 0.1) is 11.0 Å². The number of pyridine rings is 1. The highest BCUT2D eigenvalue weighted by Crippen LogP contribution is 2.23. The van der Waals surface area contributed by atoms with E-state index in [9.17, 15) is 10.1 Å². The first kappa shape index (κ1) is 14.9. The number of hydrogen-bond donors (Lipinski definition) is 1. The monoisotopic (exact) mass is 286 g/mol. The predicted molar refractivity (Wildman–Crippen MR) is 82.3 cm³/mol. The summed E-state index contributed by atoms with van der Waals surface area (Å²) < 4.78 is 0. The molecule has 0 saturated heterocycles. The van der Waals surface area contributed by atoms with Crippen LogP contribution in [0, 0.1) is 10.1 Å². The van der Waals surface area contributed by atoms with E-state index in [0.717, 1.165) is 5.56 Å². The SMILES string of the molecule is CN(C)C(CNc1ncccc1[N+](=O)[O-])c1ccccc1. The second-order valence-electron chi connectivity index (χ2n) is 4.90. The Morgan fingerprint density at radius 1 is 1.24 bits per heavy atom. The van der Waals surface area contributed by atoms with Gasteiger partial charge in [-0.3, -0.25) is 10.1 Å². The first-order valence-corrected chi connectivity index (χ1v) is 6.64. The average Bonchev–Trinajstić information content (AvgIpc) is 2.48. The molecule has 0 aliphatic carbocycles. The van der Waals surface area contributed by atoms with Crippen LogP contribution in [0.2, 0.25) is 0 Å². The maximum Gasteiger partial charge on any atom is 0.311 e. The minimum Gasteiger partial charge on any atom is -0.362 e. The molecule has 1 unspecified atom stereocenters. The van der Waals surface area contributed by atoms with Crippen LogP contribution in [0.3, 0.4) is 0 Å². The molecule has 0 aliphatic heterocycles. The van der Waals surface area contributed by atoms with Crippen LogP contribution < -0.4 is 5.32 Å². The first-order chi connectivity index (χ1) is 10.1. The summed E-state index contributed by atoms with van der Waals surface area (Å²) in [6.45, 7) is 0.537. The van der Waals surface area contributed by atoms with Gasteiger partial charge in [0.15, 0.2) is 0 Å². The summed E-state index contributed by atoms with van der Waals surface area (Å²) in [4.78, 5) is 16.7. The van der Waals surface area contributed by atoms with Gasteiger partial charge in [-0.2, -0.15) is 0 Å². The number of nitrogens with one attached hydrogen (secondary N) is 1. The lowest BCUT2D eigenvalue weighted by molar-refractivity contribution is -0.384. The van der Waals surface area contributed by atoms with E-state index in [0.29, 0.717) is 12.4 Å². The molecule has 0 amide bonds. The first-order valence-electron chi connectivity index (χ1n) is 6.64. The Balaban J connectivity index is 2.15. The molecular formula is C15H18N4O2. The van der Waals surface area contributed by atoms with E-state index in [2.05, 4.69) is 15.2 Å². The second kappa shape index (κ2) is 6.81. The highest BCUT2D eigenvalue weighted by molar-refractivity contribution is 5.55. The van der Waals surface area contributed by atoms with Crippen molar-refractivity contribution >= 4 is 11.5 Å². The van der Waals surface area contributed by atoms with E-state index in [4.69, 9.17) is 0 Å². The fourth-order valence-electron chi connectivity index (χ4n) is 2.15. The van der Waals surface area contributed by atoms with Crippen LogP contribution in [0.4, 0.5) is 11.5 Å². The topological polar surface area (TPSA) is 71.3 Å². The third kappa shape index (κ3) is 3.76. The molecule has 1 heterocycles. The fourth-order valence-corrected chi connectivity index (χ4v) is 2.15. The molecule has 6 nitrogen and oxygen atoms in total. The minimum absolute atomic E-state index is 0.0110. The Kier molecular flexibility index (Phi) is 4.84. The van der Waals surface area contributed by atoms with Gasteiger partial charge in [0.25, 0.3) is 0 Å². The van der Waals surface area contributed by atoms with Crippen molar-refractivity contribution in [2.75, 3.05) is 26.0 Å². The zero-order valence-corrected chi connectivity index (χ0v) is 12.1. The van der Waals surface area contributed by atoms with Gasteiger partial charge >= 0.3 is 5.69 Å². The lowest BCUT2D eigenvalue weighted by Gasteiger charge is -2.25. The van der Waals surface area contributed by atoms with Gasteiger partial charge in [-0.1, -0.05) is 30.3 Å². The maximum absolute atomic E-state index is 11.0. The zero-order chi connectivity index (χ0) is 15.2. The number of benzene rings is 1. The van der Waals surface area contributed by atoms with Gasteiger partial charge < -0.3 is 10.2 Å². The van der Waals surface area contributed by atoms with Crippen LogP contribution in [-0.2, 0) is 0 Å². The van der Waals surface area contributed by atoms with Gasteiger partial charge in [0.1, 0.15) is 0 Å². The highest BCUT2D eigenvalue weighted by Gasteiger charge is 2.18. The third-order valence-electron chi connectivity index (χ3n) is 3.25. The molecule has 1 N–H and O–H groups in total. The number of hydrogen-bond acceptors (Lipinski definition) is 5. The molecule has 2 aromatic rings. The molecule has 0 bridgehead atoms. The Labute approximate surface area is 123 Å². The van der Waals surface area contributed by atoms with Crippen LogP contribution in [-0.4, -0.2) is 35.4 Å². The average molecular weight is 286 g/mol. The molecule has 6 heteroatoms. The Hall–Kier alpha value is -2.47.